The van der Waals surface area contributed by atoms with E-state index < -0.39 is 22.8 Å². The van der Waals surface area contributed by atoms with Crippen LogP contribution in [0.3, 0.4) is 0 Å². The Morgan fingerprint density at radius 2 is 1.52 bits per heavy atom. The number of allylic oxidation sites excluding steroid dienone is 2. The fourth-order valence-corrected chi connectivity index (χ4v) is 3.28. The number of para-hydroxylation sites is 1. The largest absolute Gasteiger partial charge is 0.461 e. The number of nitrogens with zero attached hydrogens (tertiary/aromatic N) is 3. The smallest absolute Gasteiger partial charge is 0.336 e. The van der Waals surface area contributed by atoms with Gasteiger partial charge in [-0.2, -0.15) is 10.5 Å². The Kier molecular flexibility index (Phi) is 7.87. The Labute approximate surface area is 178 Å². The highest BCUT2D eigenvalue weighted by Gasteiger charge is 2.40. The van der Waals surface area contributed by atoms with E-state index in [1.165, 1.54) is 18.2 Å². The molecule has 1 aromatic rings. The number of hydrogen-bond donors (Lipinski definition) is 1. The molecule has 0 fully saturated rings. The molecule has 1 aliphatic heterocycles. The molecule has 31 heavy (non-hydrogen) atoms. The summed E-state index contributed by atoms with van der Waals surface area (Å²) < 4.78 is 10.3. The lowest BCUT2D eigenvalue weighted by Gasteiger charge is -2.30. The SMILES string of the molecule is CC1=C(C(=O)OCCC#N)C(c2ccccc2[N+](=O)[O-])C(C(=O)OCCC#N)=C(C)N1. The van der Waals surface area contributed by atoms with Gasteiger partial charge in [-0.15, -0.1) is 0 Å². The monoisotopic (exact) mass is 424 g/mol. The average molecular weight is 424 g/mol. The standard InChI is InChI=1S/C21H20N4O6/c1-13-17(20(26)30-11-5-9-22)19(15-7-3-4-8-16(15)25(28)29)18(14(2)24-13)21(27)31-12-6-10-23/h3-4,7-8,19,24H,5-6,11-12H2,1-2H3. The second-order valence-corrected chi connectivity index (χ2v) is 6.54. The van der Waals surface area contributed by atoms with Crippen molar-refractivity contribution >= 4 is 17.6 Å². The number of nitrogens with one attached hydrogen (secondary N) is 1. The fourth-order valence-electron chi connectivity index (χ4n) is 3.28. The number of ether oxygens (including phenoxy) is 2. The first kappa shape index (κ1) is 23.1. The van der Waals surface area contributed by atoms with E-state index in [1.807, 2.05) is 12.1 Å². The summed E-state index contributed by atoms with van der Waals surface area (Å²) in [5.74, 6) is -2.75. The van der Waals surface area contributed by atoms with Crippen molar-refractivity contribution in [3.05, 3.63) is 62.5 Å². The lowest BCUT2D eigenvalue weighted by atomic mass is 9.79. The minimum atomic E-state index is -1.13. The van der Waals surface area contributed by atoms with E-state index in [4.69, 9.17) is 20.0 Å². The molecule has 160 valence electrons. The van der Waals surface area contributed by atoms with E-state index in [9.17, 15) is 19.7 Å². The molecule has 1 heterocycles. The number of esters is 2. The van der Waals surface area contributed by atoms with E-state index in [0.717, 1.165) is 0 Å². The zero-order valence-electron chi connectivity index (χ0n) is 17.0. The predicted molar refractivity (Wildman–Crippen MR) is 107 cm³/mol. The van der Waals surface area contributed by atoms with E-state index in [-0.39, 0.29) is 48.5 Å². The summed E-state index contributed by atoms with van der Waals surface area (Å²) in [5.41, 5.74) is 0.564. The number of benzene rings is 1. The summed E-state index contributed by atoms with van der Waals surface area (Å²) in [7, 11) is 0. The molecule has 0 saturated heterocycles. The van der Waals surface area contributed by atoms with Crippen LogP contribution in [0.4, 0.5) is 5.69 Å². The first-order chi connectivity index (χ1) is 14.8. The summed E-state index contributed by atoms with van der Waals surface area (Å²) >= 11 is 0. The van der Waals surface area contributed by atoms with Crippen LogP contribution in [0.2, 0.25) is 0 Å². The Bertz CT molecular complexity index is 991. The molecule has 0 bridgehead atoms. The molecule has 2 rings (SSSR count). The maximum atomic E-state index is 12.9. The van der Waals surface area contributed by atoms with Crippen LogP contribution in [0, 0.1) is 32.8 Å². The Hall–Kier alpha value is -4.18. The van der Waals surface area contributed by atoms with E-state index in [1.54, 1.807) is 19.9 Å². The lowest BCUT2D eigenvalue weighted by molar-refractivity contribution is -0.385. The number of dihydropyridines is 1. The van der Waals surface area contributed by atoms with Crippen molar-refractivity contribution in [1.82, 2.24) is 5.32 Å². The van der Waals surface area contributed by atoms with Crippen molar-refractivity contribution in [1.29, 1.82) is 10.5 Å². The number of rotatable bonds is 8. The molecule has 0 atom stereocenters. The molecule has 0 amide bonds. The maximum Gasteiger partial charge on any atom is 0.336 e. The summed E-state index contributed by atoms with van der Waals surface area (Å²) in [6, 6.07) is 9.49. The van der Waals surface area contributed by atoms with Crippen LogP contribution in [0.1, 0.15) is 38.2 Å². The summed E-state index contributed by atoms with van der Waals surface area (Å²) in [6.07, 6.45) is -0.0564. The summed E-state index contributed by atoms with van der Waals surface area (Å²) in [4.78, 5) is 36.8. The molecule has 0 aliphatic carbocycles. The van der Waals surface area contributed by atoms with Crippen molar-refractivity contribution < 1.29 is 24.0 Å². The molecule has 0 spiro atoms. The molecular formula is C21H20N4O6. The van der Waals surface area contributed by atoms with Gasteiger partial charge in [-0.25, -0.2) is 9.59 Å². The van der Waals surface area contributed by atoms with Crippen molar-refractivity contribution in [2.45, 2.75) is 32.6 Å². The number of nitro groups is 1. The van der Waals surface area contributed by atoms with Crippen molar-refractivity contribution in [2.24, 2.45) is 0 Å². The second kappa shape index (κ2) is 10.6. The van der Waals surface area contributed by atoms with Gasteiger partial charge in [0.25, 0.3) is 5.69 Å². The summed E-state index contributed by atoms with van der Waals surface area (Å²) in [5, 5.41) is 32.0. The topological polar surface area (TPSA) is 155 Å². The first-order valence-corrected chi connectivity index (χ1v) is 9.33. The normalized spacial score (nSPS) is 13.7. The van der Waals surface area contributed by atoms with Crippen LogP contribution in [0.5, 0.6) is 0 Å². The first-order valence-electron chi connectivity index (χ1n) is 9.33. The molecule has 1 aromatic carbocycles. The third-order valence-corrected chi connectivity index (χ3v) is 4.54. The Morgan fingerprint density at radius 3 is 1.97 bits per heavy atom. The van der Waals surface area contributed by atoms with Crippen molar-refractivity contribution in [2.75, 3.05) is 13.2 Å². The van der Waals surface area contributed by atoms with Gasteiger partial charge in [0.2, 0.25) is 0 Å². The van der Waals surface area contributed by atoms with Crippen LogP contribution < -0.4 is 5.32 Å². The molecule has 0 aromatic heterocycles. The number of nitriles is 2. The molecule has 1 aliphatic rings. The molecule has 0 saturated carbocycles. The summed E-state index contributed by atoms with van der Waals surface area (Å²) in [6.45, 7) is 2.84. The van der Waals surface area contributed by atoms with Crippen LogP contribution in [-0.2, 0) is 19.1 Å². The predicted octanol–water partition coefficient (Wildman–Crippen LogP) is 2.74. The van der Waals surface area contributed by atoms with Crippen molar-refractivity contribution in [3.63, 3.8) is 0 Å². The van der Waals surface area contributed by atoms with Crippen LogP contribution in [-0.4, -0.2) is 30.1 Å². The van der Waals surface area contributed by atoms with Crippen LogP contribution >= 0.6 is 0 Å². The highest BCUT2D eigenvalue weighted by molar-refractivity contribution is 6.00. The van der Waals surface area contributed by atoms with Gasteiger partial charge in [0, 0.05) is 23.0 Å². The minimum Gasteiger partial charge on any atom is -0.461 e. The number of hydrogen-bond acceptors (Lipinski definition) is 9. The van der Waals surface area contributed by atoms with Gasteiger partial charge in [0.1, 0.15) is 13.2 Å². The number of nitro benzene ring substituents is 1. The van der Waals surface area contributed by atoms with Gasteiger partial charge in [0.05, 0.1) is 47.0 Å². The lowest BCUT2D eigenvalue weighted by Crippen LogP contribution is -2.33. The zero-order chi connectivity index (χ0) is 23.0. The third kappa shape index (κ3) is 5.25. The van der Waals surface area contributed by atoms with Gasteiger partial charge in [-0.05, 0) is 13.8 Å². The van der Waals surface area contributed by atoms with Gasteiger partial charge < -0.3 is 14.8 Å². The van der Waals surface area contributed by atoms with Gasteiger partial charge in [-0.1, -0.05) is 18.2 Å². The highest BCUT2D eigenvalue weighted by atomic mass is 16.6. The minimum absolute atomic E-state index is 0.00470. The fraction of sp³-hybridized carbons (Fsp3) is 0.333. The van der Waals surface area contributed by atoms with E-state index >= 15 is 0 Å². The average Bonchev–Trinajstić information content (AvgIpc) is 2.73. The Morgan fingerprint density at radius 1 is 1.03 bits per heavy atom. The van der Waals surface area contributed by atoms with Crippen LogP contribution in [0.25, 0.3) is 0 Å². The zero-order valence-corrected chi connectivity index (χ0v) is 17.0. The Balaban J connectivity index is 2.62. The quantitative estimate of drug-likeness (QED) is 0.287. The van der Waals surface area contributed by atoms with Crippen LogP contribution in [0.15, 0.2) is 46.8 Å². The molecule has 10 heteroatoms. The van der Waals surface area contributed by atoms with Gasteiger partial charge in [-0.3, -0.25) is 10.1 Å². The second-order valence-electron chi connectivity index (χ2n) is 6.54. The number of carbonyl (C=O) groups excluding carboxylic acids is 2. The molecule has 1 N–H and O–H groups in total. The van der Waals surface area contributed by atoms with Gasteiger partial charge >= 0.3 is 11.9 Å². The number of carbonyl (C=O) groups is 2. The molecule has 0 radical (unpaired) electrons. The van der Waals surface area contributed by atoms with E-state index in [2.05, 4.69) is 5.32 Å². The van der Waals surface area contributed by atoms with E-state index in [0.29, 0.717) is 11.4 Å². The third-order valence-electron chi connectivity index (χ3n) is 4.54. The maximum absolute atomic E-state index is 12.9. The van der Waals surface area contributed by atoms with Crippen molar-refractivity contribution in [3.8, 4) is 12.1 Å². The molecule has 0 unspecified atom stereocenters. The highest BCUT2D eigenvalue weighted by Crippen LogP contribution is 2.42. The molecular weight excluding hydrogens is 404 g/mol. The van der Waals surface area contributed by atoms with Gasteiger partial charge in [0.15, 0.2) is 0 Å². The molecule has 10 nitrogen and oxygen atoms in total.